The largest absolute Gasteiger partial charge is 0.389 e. The normalized spacial score (nSPS) is 14.4. The number of hydrogen-bond donors (Lipinski definition) is 1. The van der Waals surface area contributed by atoms with Gasteiger partial charge in [-0.1, -0.05) is 31.5 Å². The highest BCUT2D eigenvalue weighted by molar-refractivity contribution is 7.94. The molecule has 0 aliphatic rings. The Kier molecular flexibility index (Phi) is 4.48. The fraction of sp³-hybridized carbons (Fsp3) is 0.385. The van der Waals surface area contributed by atoms with Gasteiger partial charge in [-0.25, -0.2) is 8.42 Å². The molecule has 0 fully saturated rings. The van der Waals surface area contributed by atoms with Crippen molar-refractivity contribution in [3.8, 4) is 0 Å². The predicted octanol–water partition coefficient (Wildman–Crippen LogP) is 2.30. The molecule has 1 N–H and O–H groups in total. The van der Waals surface area contributed by atoms with Crippen LogP contribution in [0.5, 0.6) is 0 Å². The van der Waals surface area contributed by atoms with Gasteiger partial charge in [0.15, 0.2) is 9.84 Å². The third-order valence-electron chi connectivity index (χ3n) is 2.49. The Bertz CT molecular complexity index is 484. The van der Waals surface area contributed by atoms with Crippen LogP contribution in [0.1, 0.15) is 19.4 Å². The summed E-state index contributed by atoms with van der Waals surface area (Å²) in [6.07, 6.45) is 0.579. The minimum absolute atomic E-state index is 0.000493. The number of rotatable bonds is 4. The monoisotopic (exact) mass is 254 g/mol. The molecule has 0 heterocycles. The van der Waals surface area contributed by atoms with Crippen LogP contribution in [0, 0.1) is 12.8 Å². The van der Waals surface area contributed by atoms with Crippen molar-refractivity contribution in [2.75, 3.05) is 0 Å². The SMILES string of the molecule is Cc1ccc(S(=O)(=O)/C=C/[C@@H](O)C(C)C)cc1. The Morgan fingerprint density at radius 2 is 1.71 bits per heavy atom. The van der Waals surface area contributed by atoms with E-state index in [1.807, 2.05) is 20.8 Å². The van der Waals surface area contributed by atoms with Gasteiger partial charge in [0.1, 0.15) is 0 Å². The third-order valence-corrected chi connectivity index (χ3v) is 3.93. The van der Waals surface area contributed by atoms with Crippen molar-refractivity contribution in [3.63, 3.8) is 0 Å². The van der Waals surface area contributed by atoms with Gasteiger partial charge in [-0.05, 0) is 31.1 Å². The van der Waals surface area contributed by atoms with E-state index in [0.717, 1.165) is 11.0 Å². The van der Waals surface area contributed by atoms with E-state index in [4.69, 9.17) is 0 Å². The van der Waals surface area contributed by atoms with Gasteiger partial charge in [0.05, 0.1) is 11.0 Å². The van der Waals surface area contributed by atoms with Crippen LogP contribution in [-0.4, -0.2) is 19.6 Å². The molecular weight excluding hydrogens is 236 g/mol. The summed E-state index contributed by atoms with van der Waals surface area (Å²) < 4.78 is 23.7. The van der Waals surface area contributed by atoms with E-state index in [1.165, 1.54) is 6.08 Å². The minimum Gasteiger partial charge on any atom is -0.389 e. The number of aryl methyl sites for hydroxylation is 1. The van der Waals surface area contributed by atoms with Crippen molar-refractivity contribution in [2.45, 2.75) is 31.8 Å². The molecule has 4 heteroatoms. The maximum absolute atomic E-state index is 11.9. The van der Waals surface area contributed by atoms with Crippen LogP contribution in [0.2, 0.25) is 0 Å². The van der Waals surface area contributed by atoms with Gasteiger partial charge in [-0.3, -0.25) is 0 Å². The molecule has 94 valence electrons. The van der Waals surface area contributed by atoms with Crippen molar-refractivity contribution >= 4 is 9.84 Å². The van der Waals surface area contributed by atoms with Crippen LogP contribution >= 0.6 is 0 Å². The van der Waals surface area contributed by atoms with E-state index in [0.29, 0.717) is 0 Å². The van der Waals surface area contributed by atoms with Gasteiger partial charge in [-0.2, -0.15) is 0 Å². The first-order valence-corrected chi connectivity index (χ1v) is 7.05. The molecule has 1 aromatic carbocycles. The van der Waals surface area contributed by atoms with Crippen LogP contribution in [-0.2, 0) is 9.84 Å². The Hall–Kier alpha value is -1.13. The van der Waals surface area contributed by atoms with E-state index in [2.05, 4.69) is 0 Å². The number of benzene rings is 1. The first-order valence-electron chi connectivity index (χ1n) is 5.51. The second-order valence-electron chi connectivity index (χ2n) is 4.42. The first kappa shape index (κ1) is 13.9. The number of hydrogen-bond acceptors (Lipinski definition) is 3. The standard InChI is InChI=1S/C13H18O3S/c1-10(2)13(14)8-9-17(15,16)12-6-4-11(3)5-7-12/h4-10,13-14H,1-3H3/b9-8+/t13-/m1/s1. The topological polar surface area (TPSA) is 54.4 Å². The molecule has 3 nitrogen and oxygen atoms in total. The van der Waals surface area contributed by atoms with Crippen LogP contribution in [0.4, 0.5) is 0 Å². The molecule has 1 aromatic rings. The van der Waals surface area contributed by atoms with Crippen molar-refractivity contribution in [3.05, 3.63) is 41.3 Å². The van der Waals surface area contributed by atoms with Gasteiger partial charge < -0.3 is 5.11 Å². The molecule has 0 unspecified atom stereocenters. The van der Waals surface area contributed by atoms with E-state index in [-0.39, 0.29) is 10.8 Å². The summed E-state index contributed by atoms with van der Waals surface area (Å²) in [5.41, 5.74) is 1.01. The summed E-state index contributed by atoms with van der Waals surface area (Å²) >= 11 is 0. The van der Waals surface area contributed by atoms with Crippen molar-refractivity contribution < 1.29 is 13.5 Å². The van der Waals surface area contributed by atoms with Crippen molar-refractivity contribution in [2.24, 2.45) is 5.92 Å². The van der Waals surface area contributed by atoms with Crippen LogP contribution in [0.15, 0.2) is 40.6 Å². The molecule has 1 rings (SSSR count). The summed E-state index contributed by atoms with van der Waals surface area (Å²) in [4.78, 5) is 0.246. The molecule has 1 atom stereocenters. The second-order valence-corrected chi connectivity index (χ2v) is 6.25. The molecular formula is C13H18O3S. The lowest BCUT2D eigenvalue weighted by molar-refractivity contribution is 0.172. The lowest BCUT2D eigenvalue weighted by Crippen LogP contribution is -2.11. The second kappa shape index (κ2) is 5.47. The molecule has 17 heavy (non-hydrogen) atoms. The summed E-state index contributed by atoms with van der Waals surface area (Å²) in [6.45, 7) is 5.55. The van der Waals surface area contributed by atoms with Gasteiger partial charge in [0.25, 0.3) is 0 Å². The first-order chi connectivity index (χ1) is 7.83. The van der Waals surface area contributed by atoms with E-state index < -0.39 is 15.9 Å². The zero-order valence-electron chi connectivity index (χ0n) is 10.3. The lowest BCUT2D eigenvalue weighted by Gasteiger charge is -2.08. The van der Waals surface area contributed by atoms with Crippen LogP contribution < -0.4 is 0 Å². The highest BCUT2D eigenvalue weighted by Gasteiger charge is 2.11. The Labute approximate surface area is 103 Å². The fourth-order valence-electron chi connectivity index (χ4n) is 1.21. The summed E-state index contributed by atoms with van der Waals surface area (Å²) in [5.74, 6) is -0.000493. The number of sulfone groups is 1. The van der Waals surface area contributed by atoms with Gasteiger partial charge in [-0.15, -0.1) is 0 Å². The number of aliphatic hydroxyl groups is 1. The molecule has 0 spiro atoms. The molecule has 0 aromatic heterocycles. The van der Waals surface area contributed by atoms with Crippen molar-refractivity contribution in [1.29, 1.82) is 0 Å². The van der Waals surface area contributed by atoms with E-state index in [9.17, 15) is 13.5 Å². The minimum atomic E-state index is -3.45. The smallest absolute Gasteiger partial charge is 0.199 e. The Balaban J connectivity index is 2.93. The third kappa shape index (κ3) is 3.98. The molecule has 0 amide bonds. The molecule has 0 aliphatic heterocycles. The van der Waals surface area contributed by atoms with E-state index in [1.54, 1.807) is 24.3 Å². The van der Waals surface area contributed by atoms with Crippen LogP contribution in [0.3, 0.4) is 0 Å². The van der Waals surface area contributed by atoms with Gasteiger partial charge >= 0.3 is 0 Å². The molecule has 0 bridgehead atoms. The zero-order chi connectivity index (χ0) is 13.1. The average molecular weight is 254 g/mol. The molecule has 0 saturated heterocycles. The highest BCUT2D eigenvalue weighted by Crippen LogP contribution is 2.14. The van der Waals surface area contributed by atoms with Gasteiger partial charge in [0, 0.05) is 5.41 Å². The fourth-order valence-corrected chi connectivity index (χ4v) is 2.25. The summed E-state index contributed by atoms with van der Waals surface area (Å²) in [6, 6.07) is 6.63. The van der Waals surface area contributed by atoms with Gasteiger partial charge in [0.2, 0.25) is 0 Å². The number of aliphatic hydroxyl groups excluding tert-OH is 1. The maximum atomic E-state index is 11.9. The van der Waals surface area contributed by atoms with Crippen LogP contribution in [0.25, 0.3) is 0 Å². The average Bonchev–Trinajstić information content (AvgIpc) is 2.26. The highest BCUT2D eigenvalue weighted by atomic mass is 32.2. The summed E-state index contributed by atoms with van der Waals surface area (Å²) in [7, 11) is -3.45. The molecule has 0 saturated carbocycles. The zero-order valence-corrected chi connectivity index (χ0v) is 11.1. The van der Waals surface area contributed by atoms with E-state index >= 15 is 0 Å². The quantitative estimate of drug-likeness (QED) is 0.897. The lowest BCUT2D eigenvalue weighted by atomic mass is 10.1. The maximum Gasteiger partial charge on any atom is 0.199 e. The molecule has 0 radical (unpaired) electrons. The predicted molar refractivity (Wildman–Crippen MR) is 68.3 cm³/mol. The Morgan fingerprint density at radius 1 is 1.18 bits per heavy atom. The summed E-state index contributed by atoms with van der Waals surface area (Å²) in [5, 5.41) is 10.6. The Morgan fingerprint density at radius 3 is 2.18 bits per heavy atom. The molecule has 0 aliphatic carbocycles. The van der Waals surface area contributed by atoms with Crippen molar-refractivity contribution in [1.82, 2.24) is 0 Å².